The third-order valence-electron chi connectivity index (χ3n) is 3.43. The van der Waals surface area contributed by atoms with Crippen molar-refractivity contribution < 1.29 is 19.1 Å². The molecule has 0 aliphatic rings. The average molecular weight is 348 g/mol. The van der Waals surface area contributed by atoms with Gasteiger partial charge in [0.2, 0.25) is 11.8 Å². The Morgan fingerprint density at radius 2 is 1.84 bits per heavy atom. The molecule has 1 rings (SSSR count). The molecule has 0 unspecified atom stereocenters. The standard InChI is InChI=1S/C19H28N2O4/c1-14(2)13-25-16-9-7-15(11-17(16)24-6)8-10-18(22)21(5)12-19(23)20(3)4/h7-11,14H,12-13H2,1-6H3/b10-8+. The number of hydrogen-bond acceptors (Lipinski definition) is 4. The molecule has 0 N–H and O–H groups in total. The molecule has 6 nitrogen and oxygen atoms in total. The first-order chi connectivity index (χ1) is 11.7. The molecule has 0 saturated carbocycles. The van der Waals surface area contributed by atoms with E-state index in [1.807, 2.05) is 18.2 Å². The smallest absolute Gasteiger partial charge is 0.246 e. The number of hydrogen-bond donors (Lipinski definition) is 0. The SMILES string of the molecule is COc1cc(/C=C/C(=O)N(C)CC(=O)N(C)C)ccc1OCC(C)C. The molecule has 0 aromatic heterocycles. The van der Waals surface area contributed by atoms with E-state index >= 15 is 0 Å². The topological polar surface area (TPSA) is 59.1 Å². The highest BCUT2D eigenvalue weighted by molar-refractivity contribution is 5.94. The van der Waals surface area contributed by atoms with Gasteiger partial charge in [0.05, 0.1) is 20.3 Å². The molecule has 0 bridgehead atoms. The Morgan fingerprint density at radius 3 is 2.40 bits per heavy atom. The summed E-state index contributed by atoms with van der Waals surface area (Å²) in [6.45, 7) is 4.80. The quantitative estimate of drug-likeness (QED) is 0.677. The van der Waals surface area contributed by atoms with Crippen LogP contribution in [-0.4, -0.2) is 63.0 Å². The van der Waals surface area contributed by atoms with Gasteiger partial charge in [0.25, 0.3) is 0 Å². The van der Waals surface area contributed by atoms with Crippen LogP contribution in [0.1, 0.15) is 19.4 Å². The van der Waals surface area contributed by atoms with Crippen LogP contribution < -0.4 is 9.47 Å². The van der Waals surface area contributed by atoms with Crippen molar-refractivity contribution in [3.05, 3.63) is 29.8 Å². The van der Waals surface area contributed by atoms with E-state index in [4.69, 9.17) is 9.47 Å². The summed E-state index contributed by atoms with van der Waals surface area (Å²) in [6, 6.07) is 5.49. The summed E-state index contributed by atoms with van der Waals surface area (Å²) in [5.74, 6) is 1.34. The van der Waals surface area contributed by atoms with Crippen LogP contribution in [0, 0.1) is 5.92 Å². The molecule has 0 radical (unpaired) electrons. The number of amides is 2. The van der Waals surface area contributed by atoms with Crippen molar-refractivity contribution in [1.29, 1.82) is 0 Å². The number of rotatable bonds is 8. The zero-order valence-corrected chi connectivity index (χ0v) is 15.9. The number of benzene rings is 1. The van der Waals surface area contributed by atoms with E-state index in [2.05, 4.69) is 13.8 Å². The summed E-state index contributed by atoms with van der Waals surface area (Å²) >= 11 is 0. The van der Waals surface area contributed by atoms with E-state index in [1.54, 1.807) is 34.3 Å². The van der Waals surface area contributed by atoms with Crippen LogP contribution >= 0.6 is 0 Å². The van der Waals surface area contributed by atoms with E-state index in [9.17, 15) is 9.59 Å². The van der Waals surface area contributed by atoms with Crippen molar-refractivity contribution in [2.75, 3.05) is 41.4 Å². The van der Waals surface area contributed by atoms with E-state index in [1.165, 1.54) is 15.9 Å². The number of methoxy groups -OCH3 is 1. The predicted octanol–water partition coefficient (Wildman–Crippen LogP) is 2.29. The van der Waals surface area contributed by atoms with Crippen LogP contribution in [0.25, 0.3) is 6.08 Å². The van der Waals surface area contributed by atoms with Gasteiger partial charge in [0.1, 0.15) is 0 Å². The summed E-state index contributed by atoms with van der Waals surface area (Å²) in [5.41, 5.74) is 0.814. The molecule has 0 spiro atoms. The molecular weight excluding hydrogens is 320 g/mol. The first-order valence-electron chi connectivity index (χ1n) is 8.18. The molecule has 0 aliphatic heterocycles. The average Bonchev–Trinajstić information content (AvgIpc) is 2.57. The van der Waals surface area contributed by atoms with Gasteiger partial charge in [-0.25, -0.2) is 0 Å². The van der Waals surface area contributed by atoms with Gasteiger partial charge in [-0.2, -0.15) is 0 Å². The molecule has 0 heterocycles. The van der Waals surface area contributed by atoms with Crippen LogP contribution in [0.5, 0.6) is 11.5 Å². The van der Waals surface area contributed by atoms with Gasteiger partial charge in [0, 0.05) is 27.2 Å². The Balaban J connectivity index is 2.76. The lowest BCUT2D eigenvalue weighted by atomic mass is 10.2. The van der Waals surface area contributed by atoms with Crippen LogP contribution in [-0.2, 0) is 9.59 Å². The fourth-order valence-corrected chi connectivity index (χ4v) is 1.88. The monoisotopic (exact) mass is 348 g/mol. The Kier molecular flexibility index (Phi) is 7.98. The van der Waals surface area contributed by atoms with Crippen molar-refractivity contribution in [3.8, 4) is 11.5 Å². The molecule has 0 saturated heterocycles. The summed E-state index contributed by atoms with van der Waals surface area (Å²) in [5, 5.41) is 0. The summed E-state index contributed by atoms with van der Waals surface area (Å²) < 4.78 is 11.1. The number of nitrogens with zero attached hydrogens (tertiary/aromatic N) is 2. The highest BCUT2D eigenvalue weighted by Gasteiger charge is 2.12. The largest absolute Gasteiger partial charge is 0.493 e. The molecule has 2 amide bonds. The van der Waals surface area contributed by atoms with Crippen molar-refractivity contribution in [3.63, 3.8) is 0 Å². The molecule has 138 valence electrons. The Bertz CT molecular complexity index is 624. The molecule has 0 atom stereocenters. The second-order valence-corrected chi connectivity index (χ2v) is 6.43. The van der Waals surface area contributed by atoms with Crippen molar-refractivity contribution in [1.82, 2.24) is 9.80 Å². The fourth-order valence-electron chi connectivity index (χ4n) is 1.88. The van der Waals surface area contributed by atoms with Gasteiger partial charge in [-0.05, 0) is 29.7 Å². The van der Waals surface area contributed by atoms with Crippen molar-refractivity contribution in [2.24, 2.45) is 5.92 Å². The lowest BCUT2D eigenvalue weighted by Crippen LogP contribution is -2.36. The second-order valence-electron chi connectivity index (χ2n) is 6.43. The van der Waals surface area contributed by atoms with Crippen LogP contribution in [0.4, 0.5) is 0 Å². The van der Waals surface area contributed by atoms with Gasteiger partial charge in [-0.1, -0.05) is 19.9 Å². The molecule has 1 aromatic carbocycles. The van der Waals surface area contributed by atoms with Gasteiger partial charge in [0.15, 0.2) is 11.5 Å². The minimum atomic E-state index is -0.241. The molecule has 1 aromatic rings. The maximum absolute atomic E-state index is 12.1. The van der Waals surface area contributed by atoms with Gasteiger partial charge in [-0.15, -0.1) is 0 Å². The highest BCUT2D eigenvalue weighted by atomic mass is 16.5. The van der Waals surface area contributed by atoms with E-state index < -0.39 is 0 Å². The Morgan fingerprint density at radius 1 is 1.16 bits per heavy atom. The Labute approximate surface area is 150 Å². The first kappa shape index (κ1) is 20.5. The third kappa shape index (κ3) is 6.87. The van der Waals surface area contributed by atoms with Crippen LogP contribution in [0.2, 0.25) is 0 Å². The van der Waals surface area contributed by atoms with Crippen LogP contribution in [0.3, 0.4) is 0 Å². The Hall–Kier alpha value is -2.50. The fraction of sp³-hybridized carbons (Fsp3) is 0.474. The molecule has 6 heteroatoms. The zero-order chi connectivity index (χ0) is 19.0. The lowest BCUT2D eigenvalue weighted by Gasteiger charge is -2.17. The molecule has 0 aliphatic carbocycles. The maximum Gasteiger partial charge on any atom is 0.246 e. The first-order valence-corrected chi connectivity index (χ1v) is 8.18. The second kappa shape index (κ2) is 9.71. The highest BCUT2D eigenvalue weighted by Crippen LogP contribution is 2.29. The van der Waals surface area contributed by atoms with E-state index in [-0.39, 0.29) is 18.4 Å². The van der Waals surface area contributed by atoms with Gasteiger partial charge < -0.3 is 19.3 Å². The van der Waals surface area contributed by atoms with Gasteiger partial charge >= 0.3 is 0 Å². The minimum Gasteiger partial charge on any atom is -0.493 e. The number of ether oxygens (including phenoxy) is 2. The number of likely N-dealkylation sites (N-methyl/N-ethyl adjacent to an activating group) is 2. The normalized spacial score (nSPS) is 10.8. The molecule has 0 fully saturated rings. The van der Waals surface area contributed by atoms with Gasteiger partial charge in [-0.3, -0.25) is 9.59 Å². The lowest BCUT2D eigenvalue weighted by molar-refractivity contribution is -0.135. The van der Waals surface area contributed by atoms with Crippen molar-refractivity contribution >= 4 is 17.9 Å². The number of carbonyl (C=O) groups excluding carboxylic acids is 2. The number of carbonyl (C=O) groups is 2. The minimum absolute atomic E-state index is 0.0431. The predicted molar refractivity (Wildman–Crippen MR) is 98.7 cm³/mol. The summed E-state index contributed by atoms with van der Waals surface area (Å²) in [7, 11) is 6.49. The van der Waals surface area contributed by atoms with Crippen molar-refractivity contribution in [2.45, 2.75) is 13.8 Å². The van der Waals surface area contributed by atoms with E-state index in [0.29, 0.717) is 24.0 Å². The zero-order valence-electron chi connectivity index (χ0n) is 15.9. The molecule has 25 heavy (non-hydrogen) atoms. The van der Waals surface area contributed by atoms with E-state index in [0.717, 1.165) is 5.56 Å². The third-order valence-corrected chi connectivity index (χ3v) is 3.43. The summed E-state index contributed by atoms with van der Waals surface area (Å²) in [6.07, 6.45) is 3.13. The van der Waals surface area contributed by atoms with Crippen LogP contribution in [0.15, 0.2) is 24.3 Å². The maximum atomic E-state index is 12.1. The summed E-state index contributed by atoms with van der Waals surface area (Å²) in [4.78, 5) is 26.5. The molecular formula is C19H28N2O4.